The molecule has 116 valence electrons. The molecule has 0 saturated heterocycles. The molecule has 21 heavy (non-hydrogen) atoms. The molecule has 0 aliphatic carbocycles. The van der Waals surface area contributed by atoms with E-state index < -0.39 is 0 Å². The largest absolute Gasteiger partial charge is 0.385 e. The number of fused-ring (bicyclic) bond motifs is 1. The lowest BCUT2D eigenvalue weighted by atomic mass is 10.2. The monoisotopic (exact) mass is 311 g/mol. The van der Waals surface area contributed by atoms with Crippen LogP contribution in [0.5, 0.6) is 0 Å². The van der Waals surface area contributed by atoms with Crippen LogP contribution in [0.2, 0.25) is 0 Å². The van der Waals surface area contributed by atoms with Gasteiger partial charge in [-0.3, -0.25) is 4.79 Å². The van der Waals surface area contributed by atoms with Crippen molar-refractivity contribution in [1.29, 1.82) is 0 Å². The number of aryl methyl sites for hydroxylation is 1. The molecular weight excluding hydrogens is 290 g/mol. The van der Waals surface area contributed by atoms with Gasteiger partial charge in [-0.25, -0.2) is 0 Å². The van der Waals surface area contributed by atoms with Gasteiger partial charge in [0.05, 0.1) is 0 Å². The highest BCUT2D eigenvalue weighted by atomic mass is 32.1. The lowest BCUT2D eigenvalue weighted by Crippen LogP contribution is -2.25. The summed E-state index contributed by atoms with van der Waals surface area (Å²) in [5, 5.41) is 16.5. The summed E-state index contributed by atoms with van der Waals surface area (Å²) in [7, 11) is 1.65. The van der Waals surface area contributed by atoms with Gasteiger partial charge < -0.3 is 10.1 Å². The van der Waals surface area contributed by atoms with Crippen LogP contribution in [0.1, 0.15) is 43.4 Å². The lowest BCUT2D eigenvalue weighted by molar-refractivity contribution is -0.121. The second-order valence-electron chi connectivity index (χ2n) is 5.10. The Labute approximate surface area is 127 Å². The number of carbonyl (C=O) groups is 1. The third kappa shape index (κ3) is 4.21. The molecule has 7 nitrogen and oxygen atoms in total. The molecule has 2 aromatic rings. The van der Waals surface area contributed by atoms with E-state index in [1.54, 1.807) is 11.6 Å². The number of carbonyl (C=O) groups excluding carboxylic acids is 1. The lowest BCUT2D eigenvalue weighted by Gasteiger charge is -2.03. The number of nitrogens with one attached hydrogen (secondary N) is 1. The smallest absolute Gasteiger partial charge is 0.234 e. The van der Waals surface area contributed by atoms with Crippen molar-refractivity contribution in [2.45, 2.75) is 39.0 Å². The van der Waals surface area contributed by atoms with Gasteiger partial charge in [0.25, 0.3) is 0 Å². The van der Waals surface area contributed by atoms with E-state index in [1.807, 2.05) is 0 Å². The molecule has 2 heterocycles. The Balaban J connectivity index is 1.84. The number of amides is 1. The van der Waals surface area contributed by atoms with Crippen LogP contribution in [0.4, 0.5) is 0 Å². The molecule has 0 saturated carbocycles. The first-order valence-corrected chi connectivity index (χ1v) is 7.90. The number of aromatic nitrogens is 4. The summed E-state index contributed by atoms with van der Waals surface area (Å²) in [6.45, 7) is 5.43. The van der Waals surface area contributed by atoms with E-state index in [1.165, 1.54) is 11.3 Å². The van der Waals surface area contributed by atoms with Crippen LogP contribution in [0.25, 0.3) is 4.96 Å². The average Bonchev–Trinajstić information content (AvgIpc) is 3.00. The number of hydrogen-bond donors (Lipinski definition) is 1. The van der Waals surface area contributed by atoms with Gasteiger partial charge in [0.15, 0.2) is 5.82 Å². The van der Waals surface area contributed by atoms with Crippen molar-refractivity contribution >= 4 is 22.2 Å². The zero-order valence-electron chi connectivity index (χ0n) is 12.6. The van der Waals surface area contributed by atoms with Crippen LogP contribution in [-0.4, -0.2) is 46.0 Å². The highest BCUT2D eigenvalue weighted by Gasteiger charge is 2.14. The molecule has 0 aromatic carbocycles. The molecule has 0 atom stereocenters. The van der Waals surface area contributed by atoms with Crippen molar-refractivity contribution in [3.63, 3.8) is 0 Å². The molecule has 0 radical (unpaired) electrons. The number of rotatable bonds is 8. The first-order valence-electron chi connectivity index (χ1n) is 7.08. The zero-order valence-corrected chi connectivity index (χ0v) is 13.4. The summed E-state index contributed by atoms with van der Waals surface area (Å²) in [5.41, 5.74) is 0. The van der Waals surface area contributed by atoms with E-state index in [0.29, 0.717) is 26.0 Å². The van der Waals surface area contributed by atoms with Crippen LogP contribution in [0, 0.1) is 0 Å². The SMILES string of the molecule is COCCCNC(=O)CCc1nn2c(C(C)C)nnc2s1. The van der Waals surface area contributed by atoms with Crippen LogP contribution < -0.4 is 5.32 Å². The van der Waals surface area contributed by atoms with Crippen molar-refractivity contribution < 1.29 is 9.53 Å². The van der Waals surface area contributed by atoms with Gasteiger partial charge in [-0.15, -0.1) is 10.2 Å². The van der Waals surface area contributed by atoms with E-state index in [4.69, 9.17) is 4.74 Å². The molecule has 2 rings (SSSR count). The second kappa shape index (κ2) is 7.46. The summed E-state index contributed by atoms with van der Waals surface area (Å²) in [5.74, 6) is 1.18. The standard InChI is InChI=1S/C13H21N5O2S/c1-9(2)12-15-16-13-18(12)17-11(21-13)6-5-10(19)14-7-4-8-20-3/h9H,4-8H2,1-3H3,(H,14,19). The zero-order chi connectivity index (χ0) is 15.2. The van der Waals surface area contributed by atoms with E-state index in [9.17, 15) is 4.79 Å². The molecule has 0 fully saturated rings. The van der Waals surface area contributed by atoms with Crippen molar-refractivity contribution in [2.24, 2.45) is 0 Å². The maximum atomic E-state index is 11.7. The van der Waals surface area contributed by atoms with E-state index in [0.717, 1.165) is 22.2 Å². The second-order valence-corrected chi connectivity index (χ2v) is 6.14. The van der Waals surface area contributed by atoms with Crippen molar-refractivity contribution in [1.82, 2.24) is 25.1 Å². The molecule has 2 aromatic heterocycles. The fraction of sp³-hybridized carbons (Fsp3) is 0.692. The quantitative estimate of drug-likeness (QED) is 0.745. The third-order valence-corrected chi connectivity index (χ3v) is 3.95. The van der Waals surface area contributed by atoms with Gasteiger partial charge in [0.1, 0.15) is 5.01 Å². The summed E-state index contributed by atoms with van der Waals surface area (Å²) in [4.78, 5) is 12.5. The van der Waals surface area contributed by atoms with E-state index in [2.05, 4.69) is 34.5 Å². The highest BCUT2D eigenvalue weighted by molar-refractivity contribution is 7.16. The Kier molecular flexibility index (Phi) is 5.63. The van der Waals surface area contributed by atoms with Gasteiger partial charge in [-0.05, 0) is 6.42 Å². The van der Waals surface area contributed by atoms with Gasteiger partial charge in [-0.2, -0.15) is 9.61 Å². The summed E-state index contributed by atoms with van der Waals surface area (Å²) >= 11 is 1.49. The van der Waals surface area contributed by atoms with Crippen LogP contribution in [0.15, 0.2) is 0 Å². The minimum Gasteiger partial charge on any atom is -0.385 e. The molecule has 0 aliphatic rings. The van der Waals surface area contributed by atoms with Gasteiger partial charge in [0, 0.05) is 39.0 Å². The Morgan fingerprint density at radius 1 is 1.43 bits per heavy atom. The number of hydrogen-bond acceptors (Lipinski definition) is 6. The minimum absolute atomic E-state index is 0.0427. The predicted molar refractivity (Wildman–Crippen MR) is 80.6 cm³/mol. The Hall–Kier alpha value is -1.54. The third-order valence-electron chi connectivity index (χ3n) is 2.99. The molecule has 1 N–H and O–H groups in total. The molecule has 8 heteroatoms. The van der Waals surface area contributed by atoms with Crippen LogP contribution in [0.3, 0.4) is 0 Å². The maximum Gasteiger partial charge on any atom is 0.234 e. The van der Waals surface area contributed by atoms with E-state index >= 15 is 0 Å². The Morgan fingerprint density at radius 3 is 2.95 bits per heavy atom. The minimum atomic E-state index is 0.0427. The maximum absolute atomic E-state index is 11.7. The number of nitrogens with zero attached hydrogens (tertiary/aromatic N) is 4. The summed E-state index contributed by atoms with van der Waals surface area (Å²) in [6, 6.07) is 0. The average molecular weight is 311 g/mol. The summed E-state index contributed by atoms with van der Waals surface area (Å²) < 4.78 is 6.71. The Bertz CT molecular complexity index is 592. The Morgan fingerprint density at radius 2 is 2.24 bits per heavy atom. The predicted octanol–water partition coefficient (Wildman–Crippen LogP) is 1.39. The molecular formula is C13H21N5O2S. The number of methoxy groups -OCH3 is 1. The van der Waals surface area contributed by atoms with E-state index in [-0.39, 0.29) is 11.8 Å². The molecule has 0 spiro atoms. The highest BCUT2D eigenvalue weighted by Crippen LogP contribution is 2.19. The molecule has 0 aliphatic heterocycles. The van der Waals surface area contributed by atoms with Crippen LogP contribution in [-0.2, 0) is 16.0 Å². The van der Waals surface area contributed by atoms with Gasteiger partial charge >= 0.3 is 0 Å². The first-order chi connectivity index (χ1) is 10.1. The van der Waals surface area contributed by atoms with Crippen molar-refractivity contribution in [3.05, 3.63) is 10.8 Å². The molecule has 0 bridgehead atoms. The number of ether oxygens (including phenoxy) is 1. The molecule has 0 unspecified atom stereocenters. The van der Waals surface area contributed by atoms with Crippen LogP contribution >= 0.6 is 11.3 Å². The fourth-order valence-corrected chi connectivity index (χ4v) is 2.73. The topological polar surface area (TPSA) is 81.4 Å². The van der Waals surface area contributed by atoms with Crippen molar-refractivity contribution in [3.8, 4) is 0 Å². The van der Waals surface area contributed by atoms with Crippen molar-refractivity contribution in [2.75, 3.05) is 20.3 Å². The fourth-order valence-electron chi connectivity index (χ4n) is 1.89. The van der Waals surface area contributed by atoms with Gasteiger partial charge in [0.2, 0.25) is 10.9 Å². The normalized spacial score (nSPS) is 11.4. The first kappa shape index (κ1) is 15.8. The van der Waals surface area contributed by atoms with Gasteiger partial charge in [-0.1, -0.05) is 25.2 Å². The summed E-state index contributed by atoms with van der Waals surface area (Å²) in [6.07, 6.45) is 1.90. The molecule has 1 amide bonds.